The highest BCUT2D eigenvalue weighted by Crippen LogP contribution is 2.17. The third-order valence-corrected chi connectivity index (χ3v) is 5.94. The lowest BCUT2D eigenvalue weighted by Crippen LogP contribution is -2.30. The zero-order valence-corrected chi connectivity index (χ0v) is 21.0. The van der Waals surface area contributed by atoms with E-state index in [2.05, 4.69) is 21.2 Å². The first-order valence-corrected chi connectivity index (χ1v) is 12.2. The second-order valence-corrected chi connectivity index (χ2v) is 9.04. The summed E-state index contributed by atoms with van der Waals surface area (Å²) in [6.45, 7) is 5.72. The van der Waals surface area contributed by atoms with Gasteiger partial charge >= 0.3 is 12.1 Å². The van der Waals surface area contributed by atoms with E-state index in [0.717, 1.165) is 51.3 Å². The number of phenolic OH excluding ortho intramolecular Hbond substituents is 1. The van der Waals surface area contributed by atoms with Gasteiger partial charge in [-0.2, -0.15) is 13.2 Å². The molecule has 0 unspecified atom stereocenters. The molecule has 7 nitrogen and oxygen atoms in total. The quantitative estimate of drug-likeness (QED) is 0.371. The van der Waals surface area contributed by atoms with Crippen molar-refractivity contribution < 1.29 is 37.4 Å². The van der Waals surface area contributed by atoms with Crippen LogP contribution >= 0.6 is 0 Å². The van der Waals surface area contributed by atoms with Crippen molar-refractivity contribution in [3.8, 4) is 5.75 Å². The average Bonchev–Trinajstić information content (AvgIpc) is 3.10. The number of nitrogens with one attached hydrogen (secondary N) is 1. The van der Waals surface area contributed by atoms with Gasteiger partial charge in [0.25, 0.3) is 5.91 Å². The Hall–Kier alpha value is -3.96. The minimum atomic E-state index is -5.08. The molecule has 39 heavy (non-hydrogen) atoms. The van der Waals surface area contributed by atoms with Crippen molar-refractivity contribution >= 4 is 17.6 Å². The molecule has 0 spiro atoms. The predicted octanol–water partition coefficient (Wildman–Crippen LogP) is 5.12. The molecule has 0 atom stereocenters. The monoisotopic (exact) mass is 547 g/mol. The molecule has 1 amide bonds. The number of hydrogen-bond acceptors (Lipinski definition) is 5. The number of aromatic hydroxyl groups is 1. The molecule has 1 saturated heterocycles. The van der Waals surface area contributed by atoms with E-state index >= 15 is 0 Å². The summed E-state index contributed by atoms with van der Waals surface area (Å²) < 4.78 is 45.1. The fourth-order valence-corrected chi connectivity index (χ4v) is 4.04. The number of benzene rings is 3. The van der Waals surface area contributed by atoms with Gasteiger partial charge in [-0.15, -0.1) is 0 Å². The number of nitrogens with zero attached hydrogens (tertiary/aromatic N) is 2. The van der Waals surface area contributed by atoms with E-state index in [1.807, 2.05) is 30.3 Å². The van der Waals surface area contributed by atoms with Crippen molar-refractivity contribution in [2.45, 2.75) is 25.7 Å². The Morgan fingerprint density at radius 2 is 1.41 bits per heavy atom. The summed E-state index contributed by atoms with van der Waals surface area (Å²) >= 11 is 0. The van der Waals surface area contributed by atoms with E-state index in [4.69, 9.17) is 9.90 Å². The summed E-state index contributed by atoms with van der Waals surface area (Å²) in [5.74, 6) is -3.20. The van der Waals surface area contributed by atoms with Crippen molar-refractivity contribution in [3.05, 3.63) is 95.3 Å². The highest BCUT2D eigenvalue weighted by Gasteiger charge is 2.38. The minimum Gasteiger partial charge on any atom is -0.508 e. The van der Waals surface area contributed by atoms with E-state index in [0.29, 0.717) is 17.0 Å². The van der Waals surface area contributed by atoms with Crippen LogP contribution in [0.1, 0.15) is 27.9 Å². The van der Waals surface area contributed by atoms with Crippen molar-refractivity contribution in [2.24, 2.45) is 0 Å². The van der Waals surface area contributed by atoms with Crippen LogP contribution in [0.2, 0.25) is 0 Å². The van der Waals surface area contributed by atoms with Gasteiger partial charge in [-0.05, 0) is 73.1 Å². The zero-order chi connectivity index (χ0) is 28.4. The SMILES string of the molecule is O=C(Nc1cccc(CN2CCCN(Cc3ccc(O)cc3)CC2)c1)c1cccc(F)c1.O=C(O)C(F)(F)F. The first-order chi connectivity index (χ1) is 18.5. The number of anilines is 1. The van der Waals surface area contributed by atoms with E-state index < -0.39 is 18.0 Å². The number of halogens is 4. The van der Waals surface area contributed by atoms with E-state index in [1.165, 1.54) is 23.8 Å². The molecule has 0 saturated carbocycles. The summed E-state index contributed by atoms with van der Waals surface area (Å²) in [4.78, 5) is 26.2. The third kappa shape index (κ3) is 10.0. The number of phenols is 1. The Balaban J connectivity index is 0.000000532. The molecule has 0 radical (unpaired) electrons. The van der Waals surface area contributed by atoms with Crippen LogP contribution in [0.25, 0.3) is 0 Å². The maximum Gasteiger partial charge on any atom is 0.490 e. The van der Waals surface area contributed by atoms with E-state index in [-0.39, 0.29) is 5.91 Å². The highest BCUT2D eigenvalue weighted by molar-refractivity contribution is 6.04. The van der Waals surface area contributed by atoms with Crippen LogP contribution in [-0.2, 0) is 17.9 Å². The van der Waals surface area contributed by atoms with E-state index in [1.54, 1.807) is 18.2 Å². The largest absolute Gasteiger partial charge is 0.508 e. The molecule has 0 aliphatic carbocycles. The van der Waals surface area contributed by atoms with Crippen molar-refractivity contribution in [2.75, 3.05) is 31.5 Å². The van der Waals surface area contributed by atoms with Gasteiger partial charge in [0, 0.05) is 37.4 Å². The van der Waals surface area contributed by atoms with Crippen LogP contribution in [0, 0.1) is 5.82 Å². The Labute approximate surface area is 223 Å². The molecule has 208 valence electrons. The van der Waals surface area contributed by atoms with Gasteiger partial charge in [0.2, 0.25) is 0 Å². The van der Waals surface area contributed by atoms with Crippen molar-refractivity contribution in [1.29, 1.82) is 0 Å². The molecule has 1 aliphatic heterocycles. The van der Waals surface area contributed by atoms with Crippen LogP contribution in [0.4, 0.5) is 23.2 Å². The number of amides is 1. The van der Waals surface area contributed by atoms with Gasteiger partial charge < -0.3 is 15.5 Å². The second-order valence-electron chi connectivity index (χ2n) is 9.04. The smallest absolute Gasteiger partial charge is 0.490 e. The fourth-order valence-electron chi connectivity index (χ4n) is 4.04. The Bertz CT molecular complexity index is 1250. The average molecular weight is 548 g/mol. The van der Waals surface area contributed by atoms with Gasteiger partial charge in [-0.25, -0.2) is 9.18 Å². The zero-order valence-electron chi connectivity index (χ0n) is 21.0. The van der Waals surface area contributed by atoms with Crippen molar-refractivity contribution in [3.63, 3.8) is 0 Å². The number of aliphatic carboxylic acids is 1. The molecule has 1 fully saturated rings. The summed E-state index contributed by atoms with van der Waals surface area (Å²) in [6, 6.07) is 20.9. The number of carboxylic acid groups (broad SMARTS) is 1. The minimum absolute atomic E-state index is 0.296. The summed E-state index contributed by atoms with van der Waals surface area (Å²) in [7, 11) is 0. The number of carbonyl (C=O) groups excluding carboxylic acids is 1. The molecule has 3 aromatic carbocycles. The molecule has 3 aromatic rings. The molecular formula is C28H29F4N3O4. The van der Waals surface area contributed by atoms with Crippen molar-refractivity contribution in [1.82, 2.24) is 9.80 Å². The summed E-state index contributed by atoms with van der Waals surface area (Å²) in [6.07, 6.45) is -3.99. The number of carbonyl (C=O) groups is 2. The first-order valence-electron chi connectivity index (χ1n) is 12.2. The Kier molecular flexibility index (Phi) is 10.4. The second kappa shape index (κ2) is 13.7. The molecule has 1 aliphatic rings. The Morgan fingerprint density at radius 3 is 2.00 bits per heavy atom. The fraction of sp³-hybridized carbons (Fsp3) is 0.286. The van der Waals surface area contributed by atoms with Gasteiger partial charge in [0.15, 0.2) is 0 Å². The first kappa shape index (κ1) is 29.6. The van der Waals surface area contributed by atoms with Crippen LogP contribution in [0.5, 0.6) is 5.75 Å². The van der Waals surface area contributed by atoms with Gasteiger partial charge in [-0.3, -0.25) is 14.6 Å². The lowest BCUT2D eigenvalue weighted by atomic mass is 10.1. The maximum atomic E-state index is 13.4. The van der Waals surface area contributed by atoms with Gasteiger partial charge in [0.05, 0.1) is 0 Å². The number of rotatable bonds is 6. The van der Waals surface area contributed by atoms with Gasteiger partial charge in [-0.1, -0.05) is 30.3 Å². The summed E-state index contributed by atoms with van der Waals surface area (Å²) in [5.41, 5.74) is 3.35. The number of alkyl halides is 3. The molecule has 1 heterocycles. The molecule has 4 rings (SSSR count). The standard InChI is InChI=1S/C26H28FN3O2.C2HF3O2/c27-23-6-2-5-22(17-23)26(32)28-24-7-1-4-21(16-24)19-30-13-3-12-29(14-15-30)18-20-8-10-25(31)11-9-20;3-2(4,5)1(6)7/h1-2,4-11,16-17,31H,3,12-15,18-19H2,(H,28,32);(H,6,7). The lowest BCUT2D eigenvalue weighted by molar-refractivity contribution is -0.192. The normalized spacial score (nSPS) is 14.6. The topological polar surface area (TPSA) is 93.1 Å². The van der Waals surface area contributed by atoms with Crippen LogP contribution < -0.4 is 5.32 Å². The molecule has 0 bridgehead atoms. The summed E-state index contributed by atoms with van der Waals surface area (Å²) in [5, 5.41) is 19.4. The maximum absolute atomic E-state index is 13.4. The molecule has 0 aromatic heterocycles. The highest BCUT2D eigenvalue weighted by atomic mass is 19.4. The van der Waals surface area contributed by atoms with E-state index in [9.17, 15) is 27.5 Å². The predicted molar refractivity (Wildman–Crippen MR) is 138 cm³/mol. The molecule has 3 N–H and O–H groups in total. The Morgan fingerprint density at radius 1 is 0.821 bits per heavy atom. The van der Waals surface area contributed by atoms with Crippen LogP contribution in [-0.4, -0.2) is 64.2 Å². The van der Waals surface area contributed by atoms with Crippen LogP contribution in [0.15, 0.2) is 72.8 Å². The number of hydrogen-bond donors (Lipinski definition) is 3. The molecule has 11 heteroatoms. The third-order valence-electron chi connectivity index (χ3n) is 5.94. The lowest BCUT2D eigenvalue weighted by Gasteiger charge is -2.22. The van der Waals surface area contributed by atoms with Crippen LogP contribution in [0.3, 0.4) is 0 Å². The number of carboxylic acids is 1. The molecular weight excluding hydrogens is 518 g/mol. The van der Waals surface area contributed by atoms with Gasteiger partial charge in [0.1, 0.15) is 11.6 Å².